The Bertz CT molecular complexity index is 976. The van der Waals surface area contributed by atoms with Gasteiger partial charge in [-0.3, -0.25) is 19.3 Å². The average molecular weight is 432 g/mol. The quantitative estimate of drug-likeness (QED) is 0.714. The SMILES string of the molecule is Cl.O=C(NCCN1CCCC1)c1ccc2c(c1)C(=O)N(Cc1cccc(F)c1)C2=O. The molecule has 0 saturated carbocycles. The molecule has 0 bridgehead atoms. The fraction of sp³-hybridized carbons (Fsp3) is 0.318. The van der Waals surface area contributed by atoms with Crippen molar-refractivity contribution in [2.24, 2.45) is 0 Å². The molecule has 6 nitrogen and oxygen atoms in total. The monoisotopic (exact) mass is 431 g/mol. The van der Waals surface area contributed by atoms with Crippen molar-refractivity contribution >= 4 is 30.1 Å². The van der Waals surface area contributed by atoms with E-state index in [0.29, 0.717) is 17.7 Å². The Morgan fingerprint density at radius 3 is 2.47 bits per heavy atom. The first kappa shape index (κ1) is 21.9. The normalized spacial score (nSPS) is 15.8. The molecule has 0 spiro atoms. The minimum atomic E-state index is -0.471. The lowest BCUT2D eigenvalue weighted by atomic mass is 10.1. The van der Waals surface area contributed by atoms with Crippen LogP contribution in [0.2, 0.25) is 0 Å². The molecule has 30 heavy (non-hydrogen) atoms. The van der Waals surface area contributed by atoms with E-state index in [1.807, 2.05) is 0 Å². The van der Waals surface area contributed by atoms with E-state index in [1.165, 1.54) is 43.2 Å². The number of hydrogen-bond donors (Lipinski definition) is 1. The Balaban J connectivity index is 0.00000256. The standard InChI is InChI=1S/C22H22FN3O3.ClH/c23-17-5-3-4-15(12-17)14-26-21(28)18-7-6-16(13-19(18)22(26)29)20(27)24-8-11-25-9-1-2-10-25;/h3-7,12-13H,1-2,8-11,14H2,(H,24,27);1H. The van der Waals surface area contributed by atoms with E-state index in [-0.39, 0.29) is 36.0 Å². The molecule has 0 aliphatic carbocycles. The van der Waals surface area contributed by atoms with Crippen LogP contribution < -0.4 is 5.32 Å². The number of carbonyl (C=O) groups excluding carboxylic acids is 3. The van der Waals surface area contributed by atoms with Gasteiger partial charge in [-0.1, -0.05) is 12.1 Å². The Morgan fingerprint density at radius 2 is 1.73 bits per heavy atom. The van der Waals surface area contributed by atoms with Gasteiger partial charge in [0.1, 0.15) is 5.82 Å². The lowest BCUT2D eigenvalue weighted by molar-refractivity contribution is 0.0642. The van der Waals surface area contributed by atoms with Crippen LogP contribution in [0.1, 0.15) is 49.5 Å². The molecule has 2 aromatic rings. The lowest BCUT2D eigenvalue weighted by Crippen LogP contribution is -2.33. The van der Waals surface area contributed by atoms with Gasteiger partial charge >= 0.3 is 0 Å². The molecule has 2 aromatic carbocycles. The van der Waals surface area contributed by atoms with E-state index in [9.17, 15) is 18.8 Å². The maximum atomic E-state index is 13.4. The smallest absolute Gasteiger partial charge is 0.261 e. The fourth-order valence-corrected chi connectivity index (χ4v) is 3.83. The number of nitrogens with one attached hydrogen (secondary N) is 1. The summed E-state index contributed by atoms with van der Waals surface area (Å²) in [6.07, 6.45) is 2.39. The van der Waals surface area contributed by atoms with Crippen molar-refractivity contribution in [2.45, 2.75) is 19.4 Å². The number of likely N-dealkylation sites (tertiary alicyclic amines) is 1. The van der Waals surface area contributed by atoms with Gasteiger partial charge < -0.3 is 10.2 Å². The van der Waals surface area contributed by atoms with E-state index < -0.39 is 17.6 Å². The number of fused-ring (bicyclic) bond motifs is 1. The van der Waals surface area contributed by atoms with Crippen LogP contribution in [0, 0.1) is 5.82 Å². The van der Waals surface area contributed by atoms with Gasteiger partial charge in [-0.25, -0.2) is 4.39 Å². The van der Waals surface area contributed by atoms with Gasteiger partial charge in [-0.15, -0.1) is 12.4 Å². The van der Waals surface area contributed by atoms with Crippen LogP contribution in [-0.4, -0.2) is 53.7 Å². The van der Waals surface area contributed by atoms with Gasteiger partial charge in [-0.05, 0) is 61.8 Å². The number of rotatable bonds is 6. The molecule has 0 aromatic heterocycles. The van der Waals surface area contributed by atoms with Crippen LogP contribution in [0.25, 0.3) is 0 Å². The molecule has 1 saturated heterocycles. The number of carbonyl (C=O) groups is 3. The van der Waals surface area contributed by atoms with Gasteiger partial charge in [-0.2, -0.15) is 0 Å². The molecule has 158 valence electrons. The topological polar surface area (TPSA) is 69.7 Å². The first-order valence-electron chi connectivity index (χ1n) is 9.78. The first-order valence-corrected chi connectivity index (χ1v) is 9.78. The van der Waals surface area contributed by atoms with E-state index in [1.54, 1.807) is 12.1 Å². The summed E-state index contributed by atoms with van der Waals surface area (Å²) in [6, 6.07) is 10.3. The molecule has 1 fully saturated rings. The van der Waals surface area contributed by atoms with E-state index in [2.05, 4.69) is 10.2 Å². The molecule has 2 aliphatic heterocycles. The molecule has 3 amide bonds. The molecule has 0 unspecified atom stereocenters. The van der Waals surface area contributed by atoms with E-state index in [0.717, 1.165) is 24.5 Å². The van der Waals surface area contributed by atoms with Crippen LogP contribution >= 0.6 is 12.4 Å². The van der Waals surface area contributed by atoms with Crippen LogP contribution in [0.3, 0.4) is 0 Å². The lowest BCUT2D eigenvalue weighted by Gasteiger charge is -2.14. The van der Waals surface area contributed by atoms with Crippen molar-refractivity contribution in [1.82, 2.24) is 15.1 Å². The second-order valence-corrected chi connectivity index (χ2v) is 7.39. The highest BCUT2D eigenvalue weighted by atomic mass is 35.5. The summed E-state index contributed by atoms with van der Waals surface area (Å²) < 4.78 is 13.4. The fourth-order valence-electron chi connectivity index (χ4n) is 3.83. The summed E-state index contributed by atoms with van der Waals surface area (Å²) >= 11 is 0. The number of nitrogens with zero attached hydrogens (tertiary/aromatic N) is 2. The summed E-state index contributed by atoms with van der Waals surface area (Å²) in [6.45, 7) is 3.45. The van der Waals surface area contributed by atoms with Gasteiger partial charge in [0.2, 0.25) is 0 Å². The number of hydrogen-bond acceptors (Lipinski definition) is 4. The van der Waals surface area contributed by atoms with E-state index in [4.69, 9.17) is 0 Å². The van der Waals surface area contributed by atoms with Gasteiger partial charge in [0.25, 0.3) is 17.7 Å². The molecule has 0 atom stereocenters. The third kappa shape index (κ3) is 4.52. The molecule has 8 heteroatoms. The van der Waals surface area contributed by atoms with E-state index >= 15 is 0 Å². The summed E-state index contributed by atoms with van der Waals surface area (Å²) in [5, 5.41) is 2.87. The van der Waals surface area contributed by atoms with Crippen LogP contribution in [0.4, 0.5) is 4.39 Å². The Kier molecular flexibility index (Phi) is 6.84. The second-order valence-electron chi connectivity index (χ2n) is 7.39. The van der Waals surface area contributed by atoms with Crippen LogP contribution in [-0.2, 0) is 6.54 Å². The van der Waals surface area contributed by atoms with Crippen molar-refractivity contribution in [2.75, 3.05) is 26.2 Å². The number of halogens is 2. The summed E-state index contributed by atoms with van der Waals surface area (Å²) in [4.78, 5) is 41.1. The zero-order chi connectivity index (χ0) is 20.4. The molecule has 1 N–H and O–H groups in total. The van der Waals surface area contributed by atoms with Crippen LogP contribution in [0.5, 0.6) is 0 Å². The molecule has 0 radical (unpaired) electrons. The molecule has 2 heterocycles. The van der Waals surface area contributed by atoms with Gasteiger partial charge in [0, 0.05) is 18.7 Å². The predicted octanol–water partition coefficient (Wildman–Crippen LogP) is 2.87. The van der Waals surface area contributed by atoms with Crippen molar-refractivity contribution in [3.05, 3.63) is 70.5 Å². The maximum absolute atomic E-state index is 13.4. The zero-order valence-corrected chi connectivity index (χ0v) is 17.2. The number of benzene rings is 2. The molecule has 4 rings (SSSR count). The average Bonchev–Trinajstić information content (AvgIpc) is 3.31. The third-order valence-corrected chi connectivity index (χ3v) is 5.37. The highest BCUT2D eigenvalue weighted by molar-refractivity contribution is 6.22. The summed E-state index contributed by atoms with van der Waals surface area (Å²) in [5.74, 6) is -1.60. The van der Waals surface area contributed by atoms with Gasteiger partial charge in [0.15, 0.2) is 0 Å². The highest BCUT2D eigenvalue weighted by Gasteiger charge is 2.36. The predicted molar refractivity (Wildman–Crippen MR) is 112 cm³/mol. The van der Waals surface area contributed by atoms with Crippen molar-refractivity contribution in [3.8, 4) is 0 Å². The van der Waals surface area contributed by atoms with Gasteiger partial charge in [0.05, 0.1) is 17.7 Å². The summed E-state index contributed by atoms with van der Waals surface area (Å²) in [5.41, 5.74) is 1.34. The number of amides is 3. The highest BCUT2D eigenvalue weighted by Crippen LogP contribution is 2.26. The summed E-state index contributed by atoms with van der Waals surface area (Å²) in [7, 11) is 0. The maximum Gasteiger partial charge on any atom is 0.261 e. The Morgan fingerprint density at radius 1 is 1.00 bits per heavy atom. The Labute approximate surface area is 180 Å². The van der Waals surface area contributed by atoms with Crippen molar-refractivity contribution in [3.63, 3.8) is 0 Å². The third-order valence-electron chi connectivity index (χ3n) is 5.37. The first-order chi connectivity index (χ1) is 14.0. The minimum Gasteiger partial charge on any atom is -0.351 e. The number of imide groups is 1. The molecular formula is C22H23ClFN3O3. The largest absolute Gasteiger partial charge is 0.351 e. The van der Waals surface area contributed by atoms with Crippen LogP contribution in [0.15, 0.2) is 42.5 Å². The second kappa shape index (κ2) is 9.36. The molecule has 2 aliphatic rings. The van der Waals surface area contributed by atoms with Crippen molar-refractivity contribution in [1.29, 1.82) is 0 Å². The Hall–Kier alpha value is -2.77. The van der Waals surface area contributed by atoms with Crippen molar-refractivity contribution < 1.29 is 18.8 Å². The minimum absolute atomic E-state index is 0. The molecular weight excluding hydrogens is 409 g/mol. The zero-order valence-electron chi connectivity index (χ0n) is 16.4.